The summed E-state index contributed by atoms with van der Waals surface area (Å²) in [6.45, 7) is 0. The van der Waals surface area contributed by atoms with Crippen LogP contribution in [0.4, 0.5) is 0 Å². The molecule has 6 heteroatoms. The molecule has 0 bridgehead atoms. The Hall–Kier alpha value is -2.60. The Morgan fingerprint density at radius 3 is 2.24 bits per heavy atom. The van der Waals surface area contributed by atoms with E-state index < -0.39 is 0 Å². The molecule has 1 aliphatic rings. The molecule has 0 radical (unpaired) electrons. The van der Waals surface area contributed by atoms with Gasteiger partial charge < -0.3 is 28.8 Å². The molecule has 1 saturated heterocycles. The van der Waals surface area contributed by atoms with Gasteiger partial charge in [-0.2, -0.15) is 0 Å². The van der Waals surface area contributed by atoms with Gasteiger partial charge in [-0.25, -0.2) is 0 Å². The van der Waals surface area contributed by atoms with Crippen molar-refractivity contribution in [2.24, 2.45) is 0 Å². The van der Waals surface area contributed by atoms with Gasteiger partial charge in [0.15, 0.2) is 11.5 Å². The van der Waals surface area contributed by atoms with Crippen molar-refractivity contribution in [1.82, 2.24) is 0 Å². The molecule has 0 aromatic heterocycles. The lowest BCUT2D eigenvalue weighted by atomic mass is 10.0. The Kier molecular flexibility index (Phi) is 4.90. The lowest BCUT2D eigenvalue weighted by Crippen LogP contribution is -2.00. The highest BCUT2D eigenvalue weighted by Gasteiger charge is 2.41. The molecule has 134 valence electrons. The summed E-state index contributed by atoms with van der Waals surface area (Å²) in [5, 5.41) is 10.3. The summed E-state index contributed by atoms with van der Waals surface area (Å²) in [7, 11) is 6.32. The zero-order valence-corrected chi connectivity index (χ0v) is 14.7. The Morgan fingerprint density at radius 1 is 0.880 bits per heavy atom. The maximum absolute atomic E-state index is 10.3. The predicted molar refractivity (Wildman–Crippen MR) is 92.1 cm³/mol. The first-order valence-corrected chi connectivity index (χ1v) is 7.92. The van der Waals surface area contributed by atoms with Crippen LogP contribution in [-0.4, -0.2) is 39.6 Å². The highest BCUT2D eigenvalue weighted by molar-refractivity contribution is 5.51. The molecule has 3 rings (SSSR count). The van der Waals surface area contributed by atoms with Crippen LogP contribution in [-0.2, 0) is 11.2 Å². The van der Waals surface area contributed by atoms with E-state index >= 15 is 0 Å². The summed E-state index contributed by atoms with van der Waals surface area (Å²) < 4.78 is 26.9. The quantitative estimate of drug-likeness (QED) is 0.777. The van der Waals surface area contributed by atoms with Crippen molar-refractivity contribution in [2.75, 3.05) is 28.4 Å². The van der Waals surface area contributed by atoms with Crippen LogP contribution in [0.5, 0.6) is 28.7 Å². The average Bonchev–Trinajstić information content (AvgIpc) is 3.41. The second-order valence-electron chi connectivity index (χ2n) is 5.74. The van der Waals surface area contributed by atoms with Crippen LogP contribution >= 0.6 is 0 Å². The summed E-state index contributed by atoms with van der Waals surface area (Å²) in [5.41, 5.74) is 1.71. The number of phenolic OH excluding ortho intramolecular Hbond substituents is 1. The molecular weight excluding hydrogens is 324 g/mol. The van der Waals surface area contributed by atoms with Gasteiger partial charge in [0.2, 0.25) is 0 Å². The van der Waals surface area contributed by atoms with Gasteiger partial charge in [-0.15, -0.1) is 0 Å². The third-order valence-corrected chi connectivity index (χ3v) is 4.34. The summed E-state index contributed by atoms with van der Waals surface area (Å²) >= 11 is 0. The fraction of sp³-hybridized carbons (Fsp3) is 0.368. The number of epoxide rings is 1. The zero-order chi connectivity index (χ0) is 18.0. The fourth-order valence-electron chi connectivity index (χ4n) is 2.93. The average molecular weight is 346 g/mol. The smallest absolute Gasteiger partial charge is 0.161 e. The van der Waals surface area contributed by atoms with Crippen molar-refractivity contribution in [2.45, 2.75) is 18.6 Å². The number of benzene rings is 2. The topological polar surface area (TPSA) is 69.7 Å². The van der Waals surface area contributed by atoms with Crippen molar-refractivity contribution in [3.63, 3.8) is 0 Å². The number of phenols is 1. The minimum atomic E-state index is -0.0500. The molecule has 1 fully saturated rings. The van der Waals surface area contributed by atoms with Gasteiger partial charge >= 0.3 is 0 Å². The minimum absolute atomic E-state index is 0.0358. The van der Waals surface area contributed by atoms with Gasteiger partial charge in [0, 0.05) is 24.1 Å². The molecule has 1 N–H and O–H groups in total. The van der Waals surface area contributed by atoms with Gasteiger partial charge in [0.25, 0.3) is 0 Å². The van der Waals surface area contributed by atoms with Crippen molar-refractivity contribution in [1.29, 1.82) is 0 Å². The van der Waals surface area contributed by atoms with Crippen LogP contribution in [0.1, 0.15) is 17.2 Å². The van der Waals surface area contributed by atoms with Crippen molar-refractivity contribution < 1.29 is 28.8 Å². The molecule has 0 aliphatic carbocycles. The number of hydrogen-bond acceptors (Lipinski definition) is 6. The number of hydrogen-bond donors (Lipinski definition) is 1. The molecule has 2 atom stereocenters. The monoisotopic (exact) mass is 346 g/mol. The molecule has 0 spiro atoms. The Labute approximate surface area is 146 Å². The number of aromatic hydroxyl groups is 1. The normalized spacial score (nSPS) is 18.6. The van der Waals surface area contributed by atoms with E-state index in [-0.39, 0.29) is 18.0 Å². The Morgan fingerprint density at radius 2 is 1.60 bits per heavy atom. The third-order valence-electron chi connectivity index (χ3n) is 4.34. The first kappa shape index (κ1) is 17.2. The molecule has 25 heavy (non-hydrogen) atoms. The highest BCUT2D eigenvalue weighted by atomic mass is 16.6. The van der Waals surface area contributed by atoms with Gasteiger partial charge in [-0.1, -0.05) is 6.07 Å². The maximum atomic E-state index is 10.3. The highest BCUT2D eigenvalue weighted by Crippen LogP contribution is 2.46. The first-order valence-electron chi connectivity index (χ1n) is 7.92. The standard InChI is InChI=1S/C19H22O6/c1-21-12-8-14(20)13(16(9-12)23-3)10-18-19(25-18)11-5-6-15(22-2)17(7-11)24-4/h5-9,18-20H,10H2,1-4H3/t18-,19+/m1/s1. The van der Waals surface area contributed by atoms with Crippen molar-refractivity contribution in [3.8, 4) is 28.7 Å². The van der Waals surface area contributed by atoms with E-state index in [1.165, 1.54) is 0 Å². The molecule has 6 nitrogen and oxygen atoms in total. The zero-order valence-electron chi connectivity index (χ0n) is 14.7. The number of methoxy groups -OCH3 is 4. The Balaban J connectivity index is 1.77. The summed E-state index contributed by atoms with van der Waals surface area (Å²) in [6.07, 6.45) is 0.454. The van der Waals surface area contributed by atoms with Gasteiger partial charge in [0.1, 0.15) is 23.4 Å². The van der Waals surface area contributed by atoms with Crippen molar-refractivity contribution in [3.05, 3.63) is 41.5 Å². The van der Waals surface area contributed by atoms with Crippen molar-refractivity contribution >= 4 is 0 Å². The molecule has 1 aliphatic heterocycles. The van der Waals surface area contributed by atoms with Crippen LogP contribution in [0.3, 0.4) is 0 Å². The molecule has 0 saturated carbocycles. The molecule has 1 heterocycles. The van der Waals surface area contributed by atoms with Gasteiger partial charge in [-0.3, -0.25) is 0 Å². The summed E-state index contributed by atoms with van der Waals surface area (Å²) in [4.78, 5) is 0. The first-order chi connectivity index (χ1) is 12.1. The number of rotatable bonds is 7. The van der Waals surface area contributed by atoms with E-state index in [9.17, 15) is 5.11 Å². The van der Waals surface area contributed by atoms with Crippen LogP contribution < -0.4 is 18.9 Å². The van der Waals surface area contributed by atoms with E-state index in [4.69, 9.17) is 23.7 Å². The molecule has 2 aromatic carbocycles. The summed E-state index contributed by atoms with van der Waals surface area (Å²) in [6, 6.07) is 9.05. The van der Waals surface area contributed by atoms with Gasteiger partial charge in [0.05, 0.1) is 34.5 Å². The van der Waals surface area contributed by atoms with Crippen LogP contribution in [0.25, 0.3) is 0 Å². The molecule has 0 amide bonds. The van der Waals surface area contributed by atoms with Crippen LogP contribution in [0.2, 0.25) is 0 Å². The molecular formula is C19H22O6. The van der Waals surface area contributed by atoms with E-state index in [0.717, 1.165) is 5.56 Å². The second-order valence-corrected chi connectivity index (χ2v) is 5.74. The number of ether oxygens (including phenoxy) is 5. The maximum Gasteiger partial charge on any atom is 0.161 e. The molecule has 2 aromatic rings. The van der Waals surface area contributed by atoms with Crippen LogP contribution in [0, 0.1) is 0 Å². The molecule has 0 unspecified atom stereocenters. The SMILES string of the molecule is COc1cc(O)c(C[C@H]2O[C@H]2c2ccc(OC)c(OC)c2)c(OC)c1. The largest absolute Gasteiger partial charge is 0.507 e. The predicted octanol–water partition coefficient (Wildman–Crippen LogP) is 3.11. The van der Waals surface area contributed by atoms with E-state index in [1.807, 2.05) is 18.2 Å². The summed E-state index contributed by atoms with van der Waals surface area (Å²) in [5.74, 6) is 2.61. The minimum Gasteiger partial charge on any atom is -0.507 e. The second kappa shape index (κ2) is 7.11. The van der Waals surface area contributed by atoms with E-state index in [1.54, 1.807) is 40.6 Å². The lowest BCUT2D eigenvalue weighted by Gasteiger charge is -2.12. The van der Waals surface area contributed by atoms with E-state index in [2.05, 4.69) is 0 Å². The third kappa shape index (κ3) is 3.44. The lowest BCUT2D eigenvalue weighted by molar-refractivity contribution is 0.350. The van der Waals surface area contributed by atoms with Crippen LogP contribution in [0.15, 0.2) is 30.3 Å². The fourth-order valence-corrected chi connectivity index (χ4v) is 2.93. The Bertz CT molecular complexity index is 758. The van der Waals surface area contributed by atoms with Gasteiger partial charge in [-0.05, 0) is 17.7 Å². The van der Waals surface area contributed by atoms with E-state index in [0.29, 0.717) is 35.0 Å².